The zero-order valence-corrected chi connectivity index (χ0v) is 12.7. The smallest absolute Gasteiger partial charge is 0.316 e. The van der Waals surface area contributed by atoms with Crippen molar-refractivity contribution in [1.82, 2.24) is 14.3 Å². The van der Waals surface area contributed by atoms with Crippen molar-refractivity contribution in [2.45, 2.75) is 17.4 Å². The molecule has 6 nitrogen and oxygen atoms in total. The molecule has 9 heteroatoms. The quantitative estimate of drug-likeness (QED) is 0.845. The number of sulfonamides is 1. The van der Waals surface area contributed by atoms with E-state index in [9.17, 15) is 17.2 Å². The molecule has 1 fully saturated rings. The van der Waals surface area contributed by atoms with Crippen LogP contribution in [0.5, 0.6) is 6.01 Å². The first-order valence-corrected chi connectivity index (χ1v) is 8.30. The number of nitrogens with zero attached hydrogens (tertiary/aromatic N) is 3. The van der Waals surface area contributed by atoms with Crippen molar-refractivity contribution in [2.24, 2.45) is 0 Å². The number of halogens is 2. The fraction of sp³-hybridized carbons (Fsp3) is 0.286. The monoisotopic (exact) mass is 341 g/mol. The molecule has 23 heavy (non-hydrogen) atoms. The number of ether oxygens (including phenoxy) is 1. The lowest BCUT2D eigenvalue weighted by atomic mass is 10.3. The molecule has 1 saturated heterocycles. The van der Waals surface area contributed by atoms with Crippen molar-refractivity contribution in [3.63, 3.8) is 0 Å². The van der Waals surface area contributed by atoms with E-state index in [0.29, 0.717) is 12.5 Å². The lowest BCUT2D eigenvalue weighted by Gasteiger charge is -2.16. The number of aromatic nitrogens is 2. The fourth-order valence-electron chi connectivity index (χ4n) is 2.29. The first-order valence-electron chi connectivity index (χ1n) is 6.86. The molecular weight excluding hydrogens is 328 g/mol. The molecule has 2 aromatic rings. The summed E-state index contributed by atoms with van der Waals surface area (Å²) in [5.41, 5.74) is 0. The Labute approximate surface area is 131 Å². The molecule has 1 aliphatic rings. The maximum Gasteiger partial charge on any atom is 0.316 e. The second-order valence-electron chi connectivity index (χ2n) is 5.00. The number of benzene rings is 1. The molecule has 0 aliphatic carbocycles. The molecule has 0 saturated carbocycles. The highest BCUT2D eigenvalue weighted by molar-refractivity contribution is 7.89. The molecule has 0 N–H and O–H groups in total. The Balaban J connectivity index is 1.73. The van der Waals surface area contributed by atoms with Gasteiger partial charge in [-0.2, -0.15) is 4.31 Å². The molecule has 1 aromatic heterocycles. The summed E-state index contributed by atoms with van der Waals surface area (Å²) in [6, 6.07) is 4.33. The molecule has 122 valence electrons. The van der Waals surface area contributed by atoms with E-state index in [0.717, 1.165) is 12.1 Å². The van der Waals surface area contributed by atoms with Crippen LogP contribution in [0.15, 0.2) is 41.6 Å². The second-order valence-corrected chi connectivity index (χ2v) is 6.94. The summed E-state index contributed by atoms with van der Waals surface area (Å²) in [5, 5.41) is 0. The highest BCUT2D eigenvalue weighted by Gasteiger charge is 2.34. The summed E-state index contributed by atoms with van der Waals surface area (Å²) in [4.78, 5) is 7.55. The van der Waals surface area contributed by atoms with Crippen LogP contribution in [-0.2, 0) is 10.0 Å². The van der Waals surface area contributed by atoms with Gasteiger partial charge in [0.05, 0.1) is 11.4 Å². The Morgan fingerprint density at radius 1 is 1.17 bits per heavy atom. The third-order valence-corrected chi connectivity index (χ3v) is 5.31. The van der Waals surface area contributed by atoms with Gasteiger partial charge < -0.3 is 4.74 Å². The van der Waals surface area contributed by atoms with Crippen molar-refractivity contribution in [2.75, 3.05) is 13.1 Å². The van der Waals surface area contributed by atoms with Gasteiger partial charge in [0, 0.05) is 18.9 Å². The standard InChI is InChI=1S/C14H13F2N3O3S/c15-12-3-2-11(8-13(12)16)23(20,21)19-7-4-10(9-19)22-14-17-5-1-6-18-14/h1-3,5-6,8,10H,4,7,9H2/t10-/m0/s1. The summed E-state index contributed by atoms with van der Waals surface area (Å²) in [6.07, 6.45) is 3.11. The van der Waals surface area contributed by atoms with E-state index < -0.39 is 27.8 Å². The molecule has 1 aliphatic heterocycles. The van der Waals surface area contributed by atoms with E-state index in [1.54, 1.807) is 6.07 Å². The summed E-state index contributed by atoms with van der Waals surface area (Å²) < 4.78 is 57.8. The number of hydrogen-bond donors (Lipinski definition) is 0. The molecule has 0 amide bonds. The SMILES string of the molecule is O=S(=O)(c1ccc(F)c(F)c1)N1CC[C@H](Oc2ncccn2)C1. The topological polar surface area (TPSA) is 72.4 Å². The van der Waals surface area contributed by atoms with Gasteiger partial charge in [-0.05, 0) is 30.7 Å². The zero-order valence-electron chi connectivity index (χ0n) is 11.9. The van der Waals surface area contributed by atoms with Gasteiger partial charge >= 0.3 is 6.01 Å². The first kappa shape index (κ1) is 15.8. The summed E-state index contributed by atoms with van der Waals surface area (Å²) >= 11 is 0. The molecule has 3 rings (SSSR count). The van der Waals surface area contributed by atoms with Gasteiger partial charge in [0.25, 0.3) is 0 Å². The molecule has 0 radical (unpaired) electrons. The van der Waals surface area contributed by atoms with Gasteiger partial charge in [0.1, 0.15) is 6.10 Å². The largest absolute Gasteiger partial charge is 0.459 e. The first-order chi connectivity index (χ1) is 11.0. The molecular formula is C14H13F2N3O3S. The van der Waals surface area contributed by atoms with E-state index in [2.05, 4.69) is 9.97 Å². The van der Waals surface area contributed by atoms with E-state index in [4.69, 9.17) is 4.74 Å². The van der Waals surface area contributed by atoms with Crippen molar-refractivity contribution in [3.05, 3.63) is 48.3 Å². The van der Waals surface area contributed by atoms with Gasteiger partial charge in [-0.15, -0.1) is 0 Å². The maximum absolute atomic E-state index is 13.3. The van der Waals surface area contributed by atoms with Gasteiger partial charge in [-0.1, -0.05) is 0 Å². The van der Waals surface area contributed by atoms with Crippen LogP contribution in [0.2, 0.25) is 0 Å². The molecule has 0 bridgehead atoms. The Bertz CT molecular complexity index is 802. The van der Waals surface area contributed by atoms with Crippen LogP contribution in [0.1, 0.15) is 6.42 Å². The van der Waals surface area contributed by atoms with Crippen LogP contribution in [0.3, 0.4) is 0 Å². The third-order valence-electron chi connectivity index (χ3n) is 3.45. The Kier molecular flexibility index (Phi) is 4.22. The van der Waals surface area contributed by atoms with Crippen LogP contribution >= 0.6 is 0 Å². The minimum atomic E-state index is -3.90. The highest BCUT2D eigenvalue weighted by Crippen LogP contribution is 2.24. The molecule has 1 aromatic carbocycles. The number of hydrogen-bond acceptors (Lipinski definition) is 5. The highest BCUT2D eigenvalue weighted by atomic mass is 32.2. The van der Waals surface area contributed by atoms with Gasteiger partial charge in [-0.25, -0.2) is 27.2 Å². The Hall–Kier alpha value is -2.13. The summed E-state index contributed by atoms with van der Waals surface area (Å²) in [6.45, 7) is 0.318. The zero-order chi connectivity index (χ0) is 16.4. The Morgan fingerprint density at radius 2 is 1.91 bits per heavy atom. The van der Waals surface area contributed by atoms with E-state index in [1.807, 2.05) is 0 Å². The molecule has 0 spiro atoms. The van der Waals surface area contributed by atoms with Crippen LogP contribution in [-0.4, -0.2) is 41.9 Å². The van der Waals surface area contributed by atoms with Gasteiger partial charge in [0.15, 0.2) is 11.6 Å². The van der Waals surface area contributed by atoms with Crippen molar-refractivity contribution in [1.29, 1.82) is 0 Å². The second kappa shape index (κ2) is 6.17. The molecule has 0 unspecified atom stereocenters. The summed E-state index contributed by atoms with van der Waals surface area (Å²) in [7, 11) is -3.90. The average molecular weight is 341 g/mol. The predicted octanol–water partition coefficient (Wildman–Crippen LogP) is 1.60. The van der Waals surface area contributed by atoms with Crippen LogP contribution in [0, 0.1) is 11.6 Å². The number of rotatable bonds is 4. The normalized spacial score (nSPS) is 19.0. The van der Waals surface area contributed by atoms with Crippen molar-refractivity contribution >= 4 is 10.0 Å². The summed E-state index contributed by atoms with van der Waals surface area (Å²) in [5.74, 6) is -2.29. The molecule has 2 heterocycles. The Morgan fingerprint density at radius 3 is 2.61 bits per heavy atom. The van der Waals surface area contributed by atoms with Crippen LogP contribution < -0.4 is 4.74 Å². The predicted molar refractivity (Wildman–Crippen MR) is 76.2 cm³/mol. The van der Waals surface area contributed by atoms with E-state index in [-0.39, 0.29) is 24.0 Å². The van der Waals surface area contributed by atoms with Crippen molar-refractivity contribution in [3.8, 4) is 6.01 Å². The lowest BCUT2D eigenvalue weighted by Crippen LogP contribution is -2.31. The van der Waals surface area contributed by atoms with E-state index in [1.165, 1.54) is 16.7 Å². The third kappa shape index (κ3) is 3.30. The fourth-order valence-corrected chi connectivity index (χ4v) is 3.79. The molecule has 1 atom stereocenters. The average Bonchev–Trinajstić information content (AvgIpc) is 3.00. The lowest BCUT2D eigenvalue weighted by molar-refractivity contribution is 0.197. The van der Waals surface area contributed by atoms with E-state index >= 15 is 0 Å². The van der Waals surface area contributed by atoms with Crippen LogP contribution in [0.4, 0.5) is 8.78 Å². The minimum Gasteiger partial charge on any atom is -0.459 e. The van der Waals surface area contributed by atoms with Crippen molar-refractivity contribution < 1.29 is 21.9 Å². The maximum atomic E-state index is 13.3. The minimum absolute atomic E-state index is 0.0968. The van der Waals surface area contributed by atoms with Gasteiger partial charge in [-0.3, -0.25) is 0 Å². The van der Waals surface area contributed by atoms with Crippen LogP contribution in [0.25, 0.3) is 0 Å². The van der Waals surface area contributed by atoms with Gasteiger partial charge in [0.2, 0.25) is 10.0 Å².